The second kappa shape index (κ2) is 21.6. The van der Waals surface area contributed by atoms with Crippen molar-refractivity contribution in [1.29, 1.82) is 0 Å². The van der Waals surface area contributed by atoms with E-state index < -0.39 is 7.82 Å². The van der Waals surface area contributed by atoms with Crippen LogP contribution in [-0.2, 0) is 13.6 Å². The standard InChI is InChI=1S/C26H56NO4P/c1-5-7-9-10-11-12-13-14-15-16-17-18-19-20-21-22-25-30-32(28,29)31-26-24-27(3,4)23-8-6-2/h5-26H2,1-4H3/p+1. The highest BCUT2D eigenvalue weighted by Gasteiger charge is 2.23. The summed E-state index contributed by atoms with van der Waals surface area (Å²) in [6.07, 6.45) is 23.3. The molecule has 0 aliphatic carbocycles. The van der Waals surface area contributed by atoms with Crippen molar-refractivity contribution in [2.45, 2.75) is 129 Å². The Morgan fingerprint density at radius 1 is 0.562 bits per heavy atom. The SMILES string of the molecule is CCCCCCCCCCCCCCCCCCOP(=O)(O)OCC[N+](C)(C)CCCC. The third-order valence-electron chi connectivity index (χ3n) is 6.32. The van der Waals surface area contributed by atoms with E-state index in [4.69, 9.17) is 9.05 Å². The van der Waals surface area contributed by atoms with E-state index >= 15 is 0 Å². The first-order valence-electron chi connectivity index (χ1n) is 13.8. The predicted octanol–water partition coefficient (Wildman–Crippen LogP) is 8.26. The van der Waals surface area contributed by atoms with Crippen LogP contribution in [0.15, 0.2) is 0 Å². The van der Waals surface area contributed by atoms with Gasteiger partial charge in [0.05, 0.1) is 27.2 Å². The van der Waals surface area contributed by atoms with Crippen LogP contribution in [0.2, 0.25) is 0 Å². The summed E-state index contributed by atoms with van der Waals surface area (Å²) >= 11 is 0. The second-order valence-electron chi connectivity index (χ2n) is 10.2. The molecule has 194 valence electrons. The molecule has 5 nitrogen and oxygen atoms in total. The van der Waals surface area contributed by atoms with Crippen molar-refractivity contribution in [2.75, 3.05) is 40.4 Å². The smallest absolute Gasteiger partial charge is 0.327 e. The third kappa shape index (κ3) is 23.2. The highest BCUT2D eigenvalue weighted by Crippen LogP contribution is 2.43. The maximum absolute atomic E-state index is 12.0. The molecule has 0 radical (unpaired) electrons. The number of hydrogen-bond acceptors (Lipinski definition) is 3. The molecule has 1 atom stereocenters. The second-order valence-corrected chi connectivity index (χ2v) is 11.6. The molecule has 0 aromatic rings. The van der Waals surface area contributed by atoms with Crippen LogP contribution in [0.3, 0.4) is 0 Å². The number of phosphoric acid groups is 1. The van der Waals surface area contributed by atoms with Crippen LogP contribution in [0.4, 0.5) is 0 Å². The van der Waals surface area contributed by atoms with Gasteiger partial charge in [-0.1, -0.05) is 117 Å². The van der Waals surface area contributed by atoms with Gasteiger partial charge in [-0.3, -0.25) is 9.05 Å². The minimum Gasteiger partial charge on any atom is -0.327 e. The number of phosphoric ester groups is 1. The highest BCUT2D eigenvalue weighted by molar-refractivity contribution is 7.47. The number of nitrogens with zero attached hydrogens (tertiary/aromatic N) is 1. The van der Waals surface area contributed by atoms with E-state index in [1.807, 2.05) is 0 Å². The van der Waals surface area contributed by atoms with Crippen LogP contribution in [0.25, 0.3) is 0 Å². The molecule has 0 spiro atoms. The molecule has 0 saturated heterocycles. The Bertz CT molecular complexity index is 446. The average Bonchev–Trinajstić information content (AvgIpc) is 2.74. The van der Waals surface area contributed by atoms with Crippen LogP contribution in [0.1, 0.15) is 129 Å². The maximum Gasteiger partial charge on any atom is 0.472 e. The van der Waals surface area contributed by atoms with Crippen molar-refractivity contribution in [3.8, 4) is 0 Å². The Kier molecular flexibility index (Phi) is 21.6. The molecular weight excluding hydrogens is 421 g/mol. The first-order valence-corrected chi connectivity index (χ1v) is 15.3. The van der Waals surface area contributed by atoms with E-state index in [2.05, 4.69) is 27.9 Å². The van der Waals surface area contributed by atoms with Crippen LogP contribution < -0.4 is 0 Å². The molecule has 0 heterocycles. The van der Waals surface area contributed by atoms with Gasteiger partial charge >= 0.3 is 7.82 Å². The lowest BCUT2D eigenvalue weighted by Crippen LogP contribution is -2.42. The summed E-state index contributed by atoms with van der Waals surface area (Å²) in [4.78, 5) is 9.82. The van der Waals surface area contributed by atoms with Crippen molar-refractivity contribution in [3.63, 3.8) is 0 Å². The van der Waals surface area contributed by atoms with Gasteiger partial charge in [0.1, 0.15) is 13.2 Å². The molecule has 0 saturated carbocycles. The van der Waals surface area contributed by atoms with Crippen molar-refractivity contribution < 1.29 is 23.0 Å². The summed E-state index contributed by atoms with van der Waals surface area (Å²) in [6, 6.07) is 0. The van der Waals surface area contributed by atoms with Gasteiger partial charge in [0.25, 0.3) is 0 Å². The molecule has 0 amide bonds. The third-order valence-corrected chi connectivity index (χ3v) is 7.34. The summed E-state index contributed by atoms with van der Waals surface area (Å²) in [7, 11) is 0.343. The molecule has 0 fully saturated rings. The van der Waals surface area contributed by atoms with Crippen molar-refractivity contribution in [2.24, 2.45) is 0 Å². The molecule has 0 aromatic heterocycles. The van der Waals surface area contributed by atoms with Gasteiger partial charge in [-0.05, 0) is 12.8 Å². The fourth-order valence-corrected chi connectivity index (χ4v) is 4.72. The lowest BCUT2D eigenvalue weighted by atomic mass is 10.0. The van der Waals surface area contributed by atoms with Gasteiger partial charge in [-0.25, -0.2) is 4.57 Å². The zero-order valence-electron chi connectivity index (χ0n) is 22.1. The number of likely N-dealkylation sites (N-methyl/N-ethyl adjacent to an activating group) is 1. The average molecular weight is 479 g/mol. The number of quaternary nitrogens is 1. The number of hydrogen-bond donors (Lipinski definition) is 1. The van der Waals surface area contributed by atoms with E-state index in [-0.39, 0.29) is 6.61 Å². The summed E-state index contributed by atoms with van der Waals surface area (Å²) in [5, 5.41) is 0. The molecule has 0 aromatic carbocycles. The van der Waals surface area contributed by atoms with Crippen LogP contribution in [0, 0.1) is 0 Å². The van der Waals surface area contributed by atoms with Crippen molar-refractivity contribution >= 4 is 7.82 Å². The van der Waals surface area contributed by atoms with E-state index in [1.165, 1.54) is 89.9 Å². The van der Waals surface area contributed by atoms with Gasteiger partial charge in [-0.15, -0.1) is 0 Å². The van der Waals surface area contributed by atoms with Crippen LogP contribution in [0.5, 0.6) is 0 Å². The van der Waals surface area contributed by atoms with E-state index in [9.17, 15) is 9.46 Å². The van der Waals surface area contributed by atoms with Gasteiger partial charge in [0.2, 0.25) is 0 Å². The zero-order valence-corrected chi connectivity index (χ0v) is 23.0. The normalized spacial score (nSPS) is 14.0. The highest BCUT2D eigenvalue weighted by atomic mass is 31.2. The van der Waals surface area contributed by atoms with Crippen molar-refractivity contribution in [1.82, 2.24) is 0 Å². The Hall–Kier alpha value is 0.0700. The maximum atomic E-state index is 12.0. The zero-order chi connectivity index (χ0) is 24.0. The molecule has 0 aliphatic heterocycles. The monoisotopic (exact) mass is 478 g/mol. The Labute approximate surface area is 200 Å². The number of unbranched alkanes of at least 4 members (excludes halogenated alkanes) is 16. The summed E-state index contributed by atoms with van der Waals surface area (Å²) in [6.45, 7) is 6.77. The first kappa shape index (κ1) is 32.1. The Morgan fingerprint density at radius 3 is 1.38 bits per heavy atom. The fourth-order valence-electron chi connectivity index (χ4n) is 3.97. The van der Waals surface area contributed by atoms with Crippen LogP contribution in [-0.4, -0.2) is 49.8 Å². The molecule has 32 heavy (non-hydrogen) atoms. The Balaban J connectivity index is 3.40. The van der Waals surface area contributed by atoms with Gasteiger partial charge < -0.3 is 9.38 Å². The lowest BCUT2D eigenvalue weighted by Gasteiger charge is -2.29. The molecule has 1 unspecified atom stereocenters. The summed E-state index contributed by atoms with van der Waals surface area (Å²) < 4.78 is 23.1. The molecule has 6 heteroatoms. The first-order chi connectivity index (χ1) is 15.3. The van der Waals surface area contributed by atoms with Gasteiger partial charge in [-0.2, -0.15) is 0 Å². The lowest BCUT2D eigenvalue weighted by molar-refractivity contribution is -0.890. The minimum atomic E-state index is -3.90. The minimum absolute atomic E-state index is 0.253. The van der Waals surface area contributed by atoms with E-state index in [1.54, 1.807) is 0 Å². The molecule has 0 bridgehead atoms. The largest absolute Gasteiger partial charge is 0.472 e. The number of rotatable bonds is 25. The van der Waals surface area contributed by atoms with E-state index in [0.29, 0.717) is 13.2 Å². The van der Waals surface area contributed by atoms with Gasteiger partial charge in [0.15, 0.2) is 0 Å². The fraction of sp³-hybridized carbons (Fsp3) is 1.00. The molecule has 0 rings (SSSR count). The van der Waals surface area contributed by atoms with Gasteiger partial charge in [0, 0.05) is 0 Å². The molecule has 0 aliphatic rings. The summed E-state index contributed by atoms with van der Waals surface area (Å²) in [5.74, 6) is 0. The van der Waals surface area contributed by atoms with Crippen molar-refractivity contribution in [3.05, 3.63) is 0 Å². The Morgan fingerprint density at radius 2 is 0.938 bits per heavy atom. The topological polar surface area (TPSA) is 55.8 Å². The van der Waals surface area contributed by atoms with Crippen LogP contribution >= 0.6 is 7.82 Å². The quantitative estimate of drug-likeness (QED) is 0.0815. The predicted molar refractivity (Wildman–Crippen MR) is 138 cm³/mol. The van der Waals surface area contributed by atoms with E-state index in [0.717, 1.165) is 36.7 Å². The molecular formula is C26H57NO4P+. The summed E-state index contributed by atoms with van der Waals surface area (Å²) in [5.41, 5.74) is 0. The molecule has 1 N–H and O–H groups in total.